The Bertz CT molecular complexity index is 848. The fourth-order valence-corrected chi connectivity index (χ4v) is 7.05. The standard InChI is InChI=1S/C17H20N2O5S2/c1-11-2-4-12(5-3-11)8-19-13-9-26(23,24)10-14(13)25-17(19)18-15(20)6-7-16(21)22/h2-5,13-14H,6-10H2,1H3,(H,21,22)/p-1/t13-,14+/m0/s1. The topological polar surface area (TPSA) is 107 Å². The fraction of sp³-hybridized carbons (Fsp3) is 0.471. The van der Waals surface area contributed by atoms with Crippen molar-refractivity contribution in [2.45, 2.75) is 37.6 Å². The molecule has 0 saturated carbocycles. The Morgan fingerprint density at radius 1 is 1.23 bits per heavy atom. The van der Waals surface area contributed by atoms with E-state index in [4.69, 9.17) is 0 Å². The van der Waals surface area contributed by atoms with E-state index in [1.807, 2.05) is 36.1 Å². The number of carbonyl (C=O) groups is 2. The first-order valence-electron chi connectivity index (χ1n) is 8.24. The summed E-state index contributed by atoms with van der Waals surface area (Å²) < 4.78 is 23.9. The highest BCUT2D eigenvalue weighted by atomic mass is 32.2. The van der Waals surface area contributed by atoms with Crippen molar-refractivity contribution >= 4 is 38.6 Å². The van der Waals surface area contributed by atoms with Crippen molar-refractivity contribution in [3.63, 3.8) is 0 Å². The number of aliphatic imine (C=N–C) groups is 1. The lowest BCUT2D eigenvalue weighted by Gasteiger charge is -2.24. The van der Waals surface area contributed by atoms with E-state index < -0.39 is 21.7 Å². The van der Waals surface area contributed by atoms with Crippen LogP contribution in [0.25, 0.3) is 0 Å². The monoisotopic (exact) mass is 395 g/mol. The zero-order chi connectivity index (χ0) is 18.9. The van der Waals surface area contributed by atoms with E-state index in [9.17, 15) is 23.1 Å². The highest BCUT2D eigenvalue weighted by Crippen LogP contribution is 2.39. The van der Waals surface area contributed by atoms with Crippen LogP contribution in [0.4, 0.5) is 0 Å². The number of benzene rings is 1. The lowest BCUT2D eigenvalue weighted by Crippen LogP contribution is -2.37. The largest absolute Gasteiger partial charge is 0.550 e. The van der Waals surface area contributed by atoms with Crippen LogP contribution in [0.15, 0.2) is 29.3 Å². The normalized spacial score (nSPS) is 25.4. The van der Waals surface area contributed by atoms with Crippen molar-refractivity contribution in [2.24, 2.45) is 4.99 Å². The molecule has 1 aromatic rings. The molecule has 3 rings (SSSR count). The number of nitrogens with zero attached hydrogens (tertiary/aromatic N) is 2. The van der Waals surface area contributed by atoms with Crippen LogP contribution in [-0.2, 0) is 26.0 Å². The Hall–Kier alpha value is -1.87. The molecule has 0 aliphatic carbocycles. The second-order valence-corrected chi connectivity index (χ2v) is 9.93. The van der Waals surface area contributed by atoms with Gasteiger partial charge in [-0.2, -0.15) is 4.99 Å². The molecular weight excluding hydrogens is 376 g/mol. The molecule has 2 aliphatic heterocycles. The predicted octanol–water partition coefficient (Wildman–Crippen LogP) is 0.122. The molecule has 2 heterocycles. The van der Waals surface area contributed by atoms with E-state index in [1.165, 1.54) is 11.8 Å². The quantitative estimate of drug-likeness (QED) is 0.697. The van der Waals surface area contributed by atoms with E-state index in [-0.39, 0.29) is 35.6 Å². The van der Waals surface area contributed by atoms with Crippen LogP contribution in [0.5, 0.6) is 0 Å². The minimum atomic E-state index is -3.10. The molecule has 0 unspecified atom stereocenters. The highest BCUT2D eigenvalue weighted by Gasteiger charge is 2.48. The van der Waals surface area contributed by atoms with Crippen LogP contribution in [0.3, 0.4) is 0 Å². The number of aliphatic carboxylic acids is 1. The van der Waals surface area contributed by atoms with Crippen LogP contribution in [0.1, 0.15) is 24.0 Å². The molecule has 1 amide bonds. The third-order valence-electron chi connectivity index (χ3n) is 4.41. The van der Waals surface area contributed by atoms with Crippen LogP contribution < -0.4 is 5.11 Å². The molecule has 0 spiro atoms. The molecule has 2 atom stereocenters. The number of carboxylic acid groups (broad SMARTS) is 1. The number of carboxylic acids is 1. The molecule has 2 aliphatic rings. The lowest BCUT2D eigenvalue weighted by atomic mass is 10.1. The number of amides is 1. The van der Waals surface area contributed by atoms with Gasteiger partial charge in [-0.3, -0.25) is 4.79 Å². The van der Waals surface area contributed by atoms with Gasteiger partial charge in [0.2, 0.25) is 5.91 Å². The number of amidine groups is 1. The molecule has 1 aromatic carbocycles. The Balaban J connectivity index is 1.82. The van der Waals surface area contributed by atoms with Gasteiger partial charge in [0, 0.05) is 24.2 Å². The van der Waals surface area contributed by atoms with E-state index in [1.54, 1.807) is 0 Å². The Labute approximate surface area is 156 Å². The zero-order valence-electron chi connectivity index (χ0n) is 14.3. The number of thioether (sulfide) groups is 1. The Kier molecular flexibility index (Phi) is 5.38. The summed E-state index contributed by atoms with van der Waals surface area (Å²) >= 11 is 1.29. The Morgan fingerprint density at radius 2 is 1.92 bits per heavy atom. The summed E-state index contributed by atoms with van der Waals surface area (Å²) in [6.07, 6.45) is -0.599. The van der Waals surface area contributed by atoms with Crippen molar-refractivity contribution < 1.29 is 23.1 Å². The van der Waals surface area contributed by atoms with Gasteiger partial charge in [-0.1, -0.05) is 41.6 Å². The summed E-state index contributed by atoms with van der Waals surface area (Å²) in [5.41, 5.74) is 2.12. The van der Waals surface area contributed by atoms with Crippen molar-refractivity contribution in [2.75, 3.05) is 11.5 Å². The molecule has 0 radical (unpaired) electrons. The summed E-state index contributed by atoms with van der Waals surface area (Å²) in [6, 6.07) is 7.66. The highest BCUT2D eigenvalue weighted by molar-refractivity contribution is 8.15. The molecule has 140 valence electrons. The van der Waals surface area contributed by atoms with Gasteiger partial charge < -0.3 is 14.8 Å². The molecule has 2 saturated heterocycles. The average molecular weight is 395 g/mol. The third-order valence-corrected chi connectivity index (χ3v) is 7.66. The number of rotatable bonds is 5. The molecule has 0 aromatic heterocycles. The van der Waals surface area contributed by atoms with Crippen LogP contribution >= 0.6 is 11.8 Å². The first-order valence-corrected chi connectivity index (χ1v) is 10.9. The van der Waals surface area contributed by atoms with Gasteiger partial charge in [0.05, 0.1) is 17.5 Å². The van der Waals surface area contributed by atoms with Gasteiger partial charge in [-0.15, -0.1) is 0 Å². The first kappa shape index (κ1) is 18.9. The maximum absolute atomic E-state index is 12.0. The number of sulfone groups is 1. The van der Waals surface area contributed by atoms with E-state index >= 15 is 0 Å². The van der Waals surface area contributed by atoms with Gasteiger partial charge in [0.1, 0.15) is 0 Å². The maximum atomic E-state index is 12.0. The van der Waals surface area contributed by atoms with Gasteiger partial charge >= 0.3 is 0 Å². The fourth-order valence-electron chi connectivity index (χ4n) is 3.08. The minimum absolute atomic E-state index is 0.0444. The molecule has 0 N–H and O–H groups in total. The van der Waals surface area contributed by atoms with Gasteiger partial charge in [-0.25, -0.2) is 8.42 Å². The summed E-state index contributed by atoms with van der Waals surface area (Å²) in [5, 5.41) is 10.8. The van der Waals surface area contributed by atoms with Crippen molar-refractivity contribution in [3.05, 3.63) is 35.4 Å². The predicted molar refractivity (Wildman–Crippen MR) is 97.2 cm³/mol. The van der Waals surface area contributed by atoms with Gasteiger partial charge in [-0.05, 0) is 18.9 Å². The summed E-state index contributed by atoms with van der Waals surface area (Å²) in [4.78, 5) is 28.4. The van der Waals surface area contributed by atoms with E-state index in [2.05, 4.69) is 4.99 Å². The smallest absolute Gasteiger partial charge is 0.248 e. The summed E-state index contributed by atoms with van der Waals surface area (Å²) in [7, 11) is -3.10. The lowest BCUT2D eigenvalue weighted by molar-refractivity contribution is -0.305. The van der Waals surface area contributed by atoms with Crippen molar-refractivity contribution in [1.29, 1.82) is 0 Å². The van der Waals surface area contributed by atoms with Crippen LogP contribution in [0, 0.1) is 6.92 Å². The number of hydrogen-bond acceptors (Lipinski definition) is 6. The molecule has 26 heavy (non-hydrogen) atoms. The molecule has 0 bridgehead atoms. The zero-order valence-corrected chi connectivity index (χ0v) is 15.9. The molecular formula is C17H19N2O5S2-. The number of fused-ring (bicyclic) bond motifs is 1. The van der Waals surface area contributed by atoms with Crippen molar-refractivity contribution in [1.82, 2.24) is 4.90 Å². The maximum Gasteiger partial charge on any atom is 0.248 e. The second-order valence-electron chi connectivity index (χ2n) is 6.57. The van der Waals surface area contributed by atoms with Gasteiger partial charge in [0.15, 0.2) is 15.0 Å². The molecule has 9 heteroatoms. The molecule has 7 nitrogen and oxygen atoms in total. The summed E-state index contributed by atoms with van der Waals surface area (Å²) in [6.45, 7) is 2.44. The number of carbonyl (C=O) groups excluding carboxylic acids is 2. The van der Waals surface area contributed by atoms with Crippen molar-refractivity contribution in [3.8, 4) is 0 Å². The summed E-state index contributed by atoms with van der Waals surface area (Å²) in [5.74, 6) is -1.72. The first-order chi connectivity index (χ1) is 12.2. The molecule has 2 fully saturated rings. The second kappa shape index (κ2) is 7.40. The van der Waals surface area contributed by atoms with E-state index in [0.29, 0.717) is 11.7 Å². The number of hydrogen-bond donors (Lipinski definition) is 0. The number of aryl methyl sites for hydroxylation is 1. The Morgan fingerprint density at radius 3 is 2.58 bits per heavy atom. The third kappa shape index (κ3) is 4.45. The van der Waals surface area contributed by atoms with E-state index in [0.717, 1.165) is 11.1 Å². The SMILES string of the molecule is Cc1ccc(CN2C(=NC(=O)CCC(=O)[O-])S[C@@H]3CS(=O)(=O)C[C@@H]32)cc1. The minimum Gasteiger partial charge on any atom is -0.550 e. The van der Waals surface area contributed by atoms with Crippen LogP contribution in [-0.4, -0.2) is 53.2 Å². The van der Waals surface area contributed by atoms with Crippen LogP contribution in [0.2, 0.25) is 0 Å². The average Bonchev–Trinajstić information content (AvgIpc) is 3.00. The van der Waals surface area contributed by atoms with Gasteiger partial charge in [0.25, 0.3) is 0 Å².